The Kier molecular flexibility index (Phi) is 6.65. The second-order valence-electron chi connectivity index (χ2n) is 6.56. The first-order valence-corrected chi connectivity index (χ1v) is 10.3. The van der Waals surface area contributed by atoms with E-state index in [1.165, 1.54) is 18.5 Å². The van der Waals surface area contributed by atoms with Gasteiger partial charge in [0.25, 0.3) is 16.0 Å². The van der Waals surface area contributed by atoms with E-state index < -0.39 is 46.1 Å². The molecule has 0 radical (unpaired) electrons. The summed E-state index contributed by atoms with van der Waals surface area (Å²) in [6.45, 7) is 0.273. The molecule has 1 amide bonds. The van der Waals surface area contributed by atoms with Gasteiger partial charge in [0, 0.05) is 12.7 Å². The summed E-state index contributed by atoms with van der Waals surface area (Å²) in [5.74, 6) is -0.544. The lowest BCUT2D eigenvalue weighted by Crippen LogP contribution is -2.61. The average Bonchev–Trinajstić information content (AvgIpc) is 2.72. The van der Waals surface area contributed by atoms with Gasteiger partial charge in [-0.1, -0.05) is 30.3 Å². The van der Waals surface area contributed by atoms with Crippen molar-refractivity contribution in [1.82, 2.24) is 10.3 Å². The van der Waals surface area contributed by atoms with Crippen LogP contribution >= 0.6 is 0 Å². The molecule has 5 atom stereocenters. The first-order chi connectivity index (χ1) is 14.2. The molecule has 11 nitrogen and oxygen atoms in total. The molecule has 0 bridgehead atoms. The summed E-state index contributed by atoms with van der Waals surface area (Å²) in [6, 6.07) is 10.5. The number of nitrogens with one attached hydrogen (secondary N) is 1. The Morgan fingerprint density at radius 2 is 1.80 bits per heavy atom. The Morgan fingerprint density at radius 3 is 2.47 bits per heavy atom. The van der Waals surface area contributed by atoms with Crippen molar-refractivity contribution in [1.29, 1.82) is 0 Å². The van der Waals surface area contributed by atoms with Crippen LogP contribution in [0.3, 0.4) is 0 Å². The van der Waals surface area contributed by atoms with E-state index in [1.807, 2.05) is 30.3 Å². The van der Waals surface area contributed by atoms with Crippen molar-refractivity contribution in [3.63, 3.8) is 0 Å². The van der Waals surface area contributed by atoms with E-state index in [0.717, 1.165) is 5.56 Å². The second-order valence-corrected chi connectivity index (χ2v) is 8.05. The molecule has 0 spiro atoms. The number of amides is 1. The molecule has 1 fully saturated rings. The number of carbonyl (C=O) groups is 1. The number of nitrogens with zero attached hydrogens (tertiary/aromatic N) is 1. The van der Waals surface area contributed by atoms with Gasteiger partial charge < -0.3 is 30.1 Å². The molecular formula is C18H20N2O9S. The molecule has 1 aromatic heterocycles. The normalized spacial score (nSPS) is 26.7. The lowest BCUT2D eigenvalue weighted by Gasteiger charge is -2.38. The van der Waals surface area contributed by atoms with Crippen LogP contribution in [0.1, 0.15) is 15.9 Å². The molecule has 1 saturated heterocycles. The van der Waals surface area contributed by atoms with Crippen molar-refractivity contribution in [2.75, 3.05) is 0 Å². The third kappa shape index (κ3) is 5.11. The lowest BCUT2D eigenvalue weighted by molar-refractivity contribution is -0.254. The second kappa shape index (κ2) is 9.04. The maximum absolute atomic E-state index is 12.3. The fraction of sp³-hybridized carbons (Fsp3) is 0.333. The zero-order valence-corrected chi connectivity index (χ0v) is 16.2. The Morgan fingerprint density at radius 1 is 1.10 bits per heavy atom. The van der Waals surface area contributed by atoms with E-state index in [0.29, 0.717) is 0 Å². The van der Waals surface area contributed by atoms with Crippen molar-refractivity contribution in [2.45, 2.75) is 36.6 Å². The fourth-order valence-electron chi connectivity index (χ4n) is 2.78. The van der Waals surface area contributed by atoms with Gasteiger partial charge in [-0.3, -0.25) is 14.3 Å². The highest BCUT2D eigenvalue weighted by Gasteiger charge is 2.50. The smallest absolute Gasteiger partial charge is 0.295 e. The molecule has 162 valence electrons. The van der Waals surface area contributed by atoms with Gasteiger partial charge in [0.1, 0.15) is 24.1 Å². The quantitative estimate of drug-likeness (QED) is 0.352. The summed E-state index contributed by atoms with van der Waals surface area (Å²) in [7, 11) is -4.92. The van der Waals surface area contributed by atoms with Crippen LogP contribution in [0.15, 0.2) is 48.8 Å². The van der Waals surface area contributed by atoms with Gasteiger partial charge in [0.15, 0.2) is 0 Å². The SMILES string of the molecule is O=C(NCc1ccccc1)c1cncc(O[C@@H]2OC(S(=O)(=O)O)[C@@H](O)[C@H](O)[C@H]2O)c1. The molecule has 12 heteroatoms. The highest BCUT2D eigenvalue weighted by Crippen LogP contribution is 2.26. The summed E-state index contributed by atoms with van der Waals surface area (Å²) < 4.78 is 42.0. The summed E-state index contributed by atoms with van der Waals surface area (Å²) in [5.41, 5.74) is -1.24. The topological polar surface area (TPSA) is 176 Å². The molecule has 3 rings (SSSR count). The number of pyridine rings is 1. The largest absolute Gasteiger partial charge is 0.460 e. The first-order valence-electron chi connectivity index (χ1n) is 8.76. The van der Waals surface area contributed by atoms with Gasteiger partial charge in [-0.15, -0.1) is 0 Å². The van der Waals surface area contributed by atoms with Crippen LogP contribution in [-0.2, 0) is 21.4 Å². The van der Waals surface area contributed by atoms with E-state index in [9.17, 15) is 28.5 Å². The predicted octanol–water partition coefficient (Wildman–Crippen LogP) is -0.957. The molecule has 1 aromatic carbocycles. The summed E-state index contributed by atoms with van der Waals surface area (Å²) in [5, 5.41) is 32.2. The highest BCUT2D eigenvalue weighted by atomic mass is 32.2. The third-order valence-electron chi connectivity index (χ3n) is 4.34. The molecule has 1 aliphatic rings. The zero-order chi connectivity index (χ0) is 21.9. The number of rotatable bonds is 6. The molecular weight excluding hydrogens is 420 g/mol. The standard InChI is InChI=1S/C18H20N2O9S/c21-13-14(22)17(29-18(15(13)23)30(25,26)27)28-12-6-11(8-19-9-12)16(24)20-7-10-4-2-1-3-5-10/h1-6,8-9,13-15,17-18,21-23H,7H2,(H,20,24)(H,25,26,27)/t13-,14-,15+,17-,18?/m1/s1. The van der Waals surface area contributed by atoms with Gasteiger partial charge in [-0.05, 0) is 11.6 Å². The summed E-state index contributed by atoms with van der Waals surface area (Å²) in [6.07, 6.45) is -5.23. The lowest BCUT2D eigenvalue weighted by atomic mass is 10.1. The minimum absolute atomic E-state index is 0.0795. The van der Waals surface area contributed by atoms with Gasteiger partial charge in [-0.2, -0.15) is 8.42 Å². The Bertz CT molecular complexity index is 986. The first kappa shape index (κ1) is 22.1. The molecule has 0 saturated carbocycles. The summed E-state index contributed by atoms with van der Waals surface area (Å²) >= 11 is 0. The molecule has 2 heterocycles. The van der Waals surface area contributed by atoms with Crippen LogP contribution < -0.4 is 10.1 Å². The molecule has 0 aliphatic carbocycles. The van der Waals surface area contributed by atoms with Gasteiger partial charge in [0.2, 0.25) is 11.7 Å². The zero-order valence-electron chi connectivity index (χ0n) is 15.4. The van der Waals surface area contributed by atoms with E-state index >= 15 is 0 Å². The van der Waals surface area contributed by atoms with E-state index in [2.05, 4.69) is 10.3 Å². The molecule has 5 N–H and O–H groups in total. The van der Waals surface area contributed by atoms with Crippen molar-refractivity contribution in [3.05, 3.63) is 59.9 Å². The van der Waals surface area contributed by atoms with E-state index in [4.69, 9.17) is 14.0 Å². The fourth-order valence-corrected chi connectivity index (χ4v) is 3.55. The number of aromatic nitrogens is 1. The number of aliphatic hydroxyl groups excluding tert-OH is 3. The Balaban J connectivity index is 1.70. The Labute approximate surface area is 171 Å². The monoisotopic (exact) mass is 440 g/mol. The van der Waals surface area contributed by atoms with Crippen LogP contribution in [0.25, 0.3) is 0 Å². The summed E-state index contributed by atoms with van der Waals surface area (Å²) in [4.78, 5) is 16.2. The minimum atomic E-state index is -4.92. The number of hydrogen-bond donors (Lipinski definition) is 5. The number of ether oxygens (including phenoxy) is 2. The van der Waals surface area contributed by atoms with Gasteiger partial charge >= 0.3 is 0 Å². The van der Waals surface area contributed by atoms with Crippen LogP contribution in [0.2, 0.25) is 0 Å². The van der Waals surface area contributed by atoms with Crippen molar-refractivity contribution < 1.29 is 42.6 Å². The Hall–Kier alpha value is -2.61. The minimum Gasteiger partial charge on any atom is -0.460 e. The van der Waals surface area contributed by atoms with Crippen LogP contribution in [0, 0.1) is 0 Å². The van der Waals surface area contributed by atoms with Crippen molar-refractivity contribution >= 4 is 16.0 Å². The van der Waals surface area contributed by atoms with Crippen LogP contribution in [0.5, 0.6) is 5.75 Å². The van der Waals surface area contributed by atoms with Crippen molar-refractivity contribution in [3.8, 4) is 5.75 Å². The number of aliphatic hydroxyl groups is 3. The van der Waals surface area contributed by atoms with Crippen LogP contribution in [0.4, 0.5) is 0 Å². The molecule has 30 heavy (non-hydrogen) atoms. The van der Waals surface area contributed by atoms with Crippen molar-refractivity contribution in [2.24, 2.45) is 0 Å². The number of carbonyl (C=O) groups excluding carboxylic acids is 1. The molecule has 1 aliphatic heterocycles. The average molecular weight is 440 g/mol. The number of hydrogen-bond acceptors (Lipinski definition) is 9. The third-order valence-corrected chi connectivity index (χ3v) is 5.32. The maximum atomic E-state index is 12.3. The van der Waals surface area contributed by atoms with Gasteiger partial charge in [-0.25, -0.2) is 0 Å². The van der Waals surface area contributed by atoms with E-state index in [1.54, 1.807) is 0 Å². The van der Waals surface area contributed by atoms with Crippen LogP contribution in [-0.4, -0.2) is 69.2 Å². The predicted molar refractivity (Wildman–Crippen MR) is 101 cm³/mol. The van der Waals surface area contributed by atoms with E-state index in [-0.39, 0.29) is 17.9 Å². The van der Waals surface area contributed by atoms with Gasteiger partial charge in [0.05, 0.1) is 11.8 Å². The number of benzene rings is 1. The molecule has 2 aromatic rings. The maximum Gasteiger partial charge on any atom is 0.295 e. The molecule has 1 unspecified atom stereocenters. The highest BCUT2D eigenvalue weighted by molar-refractivity contribution is 7.86.